The molecule has 11 nitrogen and oxygen atoms in total. The molecule has 5 rings (SSSR count). The zero-order chi connectivity index (χ0) is 23.2. The van der Waals surface area contributed by atoms with Crippen LogP contribution in [0.25, 0.3) is 16.9 Å². The second-order valence-corrected chi connectivity index (χ2v) is 8.71. The van der Waals surface area contributed by atoms with Crippen LogP contribution in [0, 0.1) is 11.7 Å². The number of aromatic nitrogens is 5. The summed E-state index contributed by atoms with van der Waals surface area (Å²) in [6, 6.07) is 4.58. The van der Waals surface area contributed by atoms with E-state index in [9.17, 15) is 14.3 Å². The number of amides is 1. The van der Waals surface area contributed by atoms with E-state index in [4.69, 9.17) is 10.5 Å². The molecule has 2 aromatic heterocycles. The lowest BCUT2D eigenvalue weighted by Gasteiger charge is -2.27. The number of carbonyl (C=O) groups is 1. The molecule has 1 amide bonds. The Labute approximate surface area is 188 Å². The van der Waals surface area contributed by atoms with E-state index in [-0.39, 0.29) is 30.2 Å². The van der Waals surface area contributed by atoms with Gasteiger partial charge < -0.3 is 25.8 Å². The molecule has 2 aliphatic rings. The van der Waals surface area contributed by atoms with Gasteiger partial charge in [-0.15, -0.1) is 5.10 Å². The largest absolute Gasteiger partial charge is 0.376 e. The number of nitrogens with one attached hydrogen (secondary N) is 1. The molecule has 12 heteroatoms. The molecule has 2 unspecified atom stereocenters. The molecule has 1 aliphatic carbocycles. The molecule has 1 saturated heterocycles. The highest BCUT2D eigenvalue weighted by molar-refractivity contribution is 5.95. The quantitative estimate of drug-likeness (QED) is 0.478. The van der Waals surface area contributed by atoms with E-state index in [0.717, 1.165) is 12.8 Å². The third-order valence-corrected chi connectivity index (χ3v) is 6.24. The smallest absolute Gasteiger partial charge is 0.253 e. The summed E-state index contributed by atoms with van der Waals surface area (Å²) in [6.45, 7) is 2.21. The summed E-state index contributed by atoms with van der Waals surface area (Å²) in [5.74, 6) is -0.451. The molecule has 1 aromatic carbocycles. The summed E-state index contributed by atoms with van der Waals surface area (Å²) in [4.78, 5) is 22.3. The second kappa shape index (κ2) is 8.28. The summed E-state index contributed by atoms with van der Waals surface area (Å²) in [7, 11) is 0. The molecule has 0 spiro atoms. The van der Waals surface area contributed by atoms with Gasteiger partial charge in [-0.05, 0) is 38.3 Å². The van der Waals surface area contributed by atoms with E-state index in [1.165, 1.54) is 15.6 Å². The van der Waals surface area contributed by atoms with Crippen LogP contribution in [0.15, 0.2) is 24.4 Å². The maximum Gasteiger partial charge on any atom is 0.253 e. The van der Waals surface area contributed by atoms with Gasteiger partial charge in [0.05, 0.1) is 24.2 Å². The maximum absolute atomic E-state index is 14.9. The molecule has 33 heavy (non-hydrogen) atoms. The highest BCUT2D eigenvalue weighted by Gasteiger charge is 2.35. The van der Waals surface area contributed by atoms with Crippen molar-refractivity contribution >= 4 is 28.7 Å². The number of halogens is 1. The first-order valence-corrected chi connectivity index (χ1v) is 10.8. The Morgan fingerprint density at radius 1 is 1.36 bits per heavy atom. The number of hydrogen-bond acceptors (Lipinski definition) is 9. The lowest BCUT2D eigenvalue weighted by Crippen LogP contribution is -2.43. The number of nitrogens with zero attached hydrogens (tertiary/aromatic N) is 6. The van der Waals surface area contributed by atoms with Crippen molar-refractivity contribution in [2.45, 2.75) is 38.0 Å². The number of carbonyl (C=O) groups excluding carboxylic acids is 1. The molecule has 4 N–H and O–H groups in total. The molecule has 174 valence electrons. The molecule has 0 bridgehead atoms. The van der Waals surface area contributed by atoms with E-state index < -0.39 is 11.5 Å². The first kappa shape index (κ1) is 21.6. The van der Waals surface area contributed by atoms with Crippen molar-refractivity contribution < 1.29 is 19.0 Å². The van der Waals surface area contributed by atoms with Crippen LogP contribution in [0.4, 0.5) is 16.0 Å². The van der Waals surface area contributed by atoms with Crippen LogP contribution in [-0.2, 0) is 9.53 Å². The summed E-state index contributed by atoms with van der Waals surface area (Å²) >= 11 is 0. The minimum Gasteiger partial charge on any atom is -0.376 e. The van der Waals surface area contributed by atoms with Gasteiger partial charge in [0, 0.05) is 24.6 Å². The van der Waals surface area contributed by atoms with Crippen LogP contribution in [-0.4, -0.2) is 67.5 Å². The Morgan fingerprint density at radius 3 is 2.94 bits per heavy atom. The average Bonchev–Trinajstić information content (AvgIpc) is 3.41. The number of ether oxygens (including phenoxy) is 1. The Balaban J connectivity index is 1.39. The predicted molar refractivity (Wildman–Crippen MR) is 117 cm³/mol. The third-order valence-electron chi connectivity index (χ3n) is 6.24. The van der Waals surface area contributed by atoms with Crippen LogP contribution in [0.1, 0.15) is 26.2 Å². The summed E-state index contributed by atoms with van der Waals surface area (Å²) in [6.07, 6.45) is 3.90. The van der Waals surface area contributed by atoms with Gasteiger partial charge in [0.25, 0.3) is 5.91 Å². The third kappa shape index (κ3) is 4.24. The van der Waals surface area contributed by atoms with E-state index >= 15 is 0 Å². The number of rotatable bonds is 5. The molecular formula is C21H25FN8O3. The number of hydrogen-bond donors (Lipinski definition) is 3. The van der Waals surface area contributed by atoms with Crippen molar-refractivity contribution in [1.82, 2.24) is 25.0 Å². The fourth-order valence-corrected chi connectivity index (χ4v) is 4.42. The average molecular weight is 456 g/mol. The van der Waals surface area contributed by atoms with Crippen molar-refractivity contribution in [3.05, 3.63) is 30.2 Å². The Hall–Kier alpha value is -3.22. The highest BCUT2D eigenvalue weighted by atomic mass is 19.1. The lowest BCUT2D eigenvalue weighted by molar-refractivity contribution is -0.125. The number of fused-ring (bicyclic) bond motifs is 1. The van der Waals surface area contributed by atoms with Crippen LogP contribution >= 0.6 is 0 Å². The molecule has 2 fully saturated rings. The first-order chi connectivity index (χ1) is 15.8. The predicted octanol–water partition coefficient (Wildman–Crippen LogP) is 0.961. The minimum absolute atomic E-state index is 0.00855. The Kier molecular flexibility index (Phi) is 5.43. The van der Waals surface area contributed by atoms with Gasteiger partial charge in [-0.2, -0.15) is 9.67 Å². The molecule has 3 heterocycles. The van der Waals surface area contributed by atoms with E-state index in [0.29, 0.717) is 42.4 Å². The topological polar surface area (TPSA) is 144 Å². The van der Waals surface area contributed by atoms with Crippen LogP contribution < -0.4 is 16.0 Å². The number of morpholine rings is 1. The number of benzene rings is 1. The van der Waals surface area contributed by atoms with Crippen molar-refractivity contribution in [3.8, 4) is 5.69 Å². The van der Waals surface area contributed by atoms with Gasteiger partial charge in [0.15, 0.2) is 11.2 Å². The van der Waals surface area contributed by atoms with Crippen LogP contribution in [0.5, 0.6) is 0 Å². The second-order valence-electron chi connectivity index (χ2n) is 8.71. The van der Waals surface area contributed by atoms with Crippen LogP contribution in [0.3, 0.4) is 0 Å². The van der Waals surface area contributed by atoms with Crippen molar-refractivity contribution in [2.75, 3.05) is 30.0 Å². The minimum atomic E-state index is -1.22. The number of nitrogens with two attached hydrogens (primary N) is 1. The monoisotopic (exact) mass is 456 g/mol. The summed E-state index contributed by atoms with van der Waals surface area (Å²) in [5.41, 5.74) is 6.12. The molecule has 0 radical (unpaired) electrons. The SMILES string of the molecule is CC(N)(O)[C@@H]1CCC(Nc2ncc3nnn(-c4ccc(N5CCOCC5=O)c(F)c4)c3n2)C1. The first-order valence-electron chi connectivity index (χ1n) is 10.8. The molecule has 3 atom stereocenters. The van der Waals surface area contributed by atoms with Crippen molar-refractivity contribution in [3.63, 3.8) is 0 Å². The number of aliphatic hydroxyl groups is 1. The normalized spacial score (nSPS) is 23.2. The Bertz CT molecular complexity index is 1190. The zero-order valence-corrected chi connectivity index (χ0v) is 18.1. The standard InChI is InChI=1S/C21H25FN8O3/c1-21(23,32)12-2-3-13(8-12)25-20-24-10-16-19(26-20)30(28-27-16)14-4-5-17(15(22)9-14)29-6-7-33-11-18(29)31/h4-5,9-10,12-13,32H,2-3,6-8,11,23H2,1H3,(H,24,25,26)/t12-,13?,21?/m1/s1. The summed E-state index contributed by atoms with van der Waals surface area (Å²) < 4.78 is 21.5. The van der Waals surface area contributed by atoms with Gasteiger partial charge in [0.1, 0.15) is 18.1 Å². The van der Waals surface area contributed by atoms with Crippen LogP contribution in [0.2, 0.25) is 0 Å². The molecule has 1 aliphatic heterocycles. The maximum atomic E-state index is 14.9. The van der Waals surface area contributed by atoms with Gasteiger partial charge >= 0.3 is 0 Å². The molecule has 3 aromatic rings. The fraction of sp³-hybridized carbons (Fsp3) is 0.476. The molecule has 1 saturated carbocycles. The zero-order valence-electron chi connectivity index (χ0n) is 18.1. The van der Waals surface area contributed by atoms with E-state index in [1.807, 2.05) is 0 Å². The fourth-order valence-electron chi connectivity index (χ4n) is 4.42. The number of anilines is 2. The van der Waals surface area contributed by atoms with E-state index in [1.54, 1.807) is 25.3 Å². The van der Waals surface area contributed by atoms with Crippen molar-refractivity contribution in [1.29, 1.82) is 0 Å². The van der Waals surface area contributed by atoms with Gasteiger partial charge in [-0.25, -0.2) is 9.37 Å². The van der Waals surface area contributed by atoms with Crippen molar-refractivity contribution in [2.24, 2.45) is 11.7 Å². The molecular weight excluding hydrogens is 431 g/mol. The highest BCUT2D eigenvalue weighted by Crippen LogP contribution is 2.33. The van der Waals surface area contributed by atoms with Gasteiger partial charge in [0.2, 0.25) is 5.95 Å². The summed E-state index contributed by atoms with van der Waals surface area (Å²) in [5, 5.41) is 21.5. The van der Waals surface area contributed by atoms with Gasteiger partial charge in [-0.1, -0.05) is 5.21 Å². The lowest BCUT2D eigenvalue weighted by atomic mass is 9.96. The van der Waals surface area contributed by atoms with E-state index in [2.05, 4.69) is 25.6 Å². The Morgan fingerprint density at radius 2 is 2.21 bits per heavy atom. The van der Waals surface area contributed by atoms with Gasteiger partial charge in [-0.3, -0.25) is 4.79 Å².